The highest BCUT2D eigenvalue weighted by atomic mass is 16.2. The van der Waals surface area contributed by atoms with Gasteiger partial charge in [-0.3, -0.25) is 9.59 Å². The van der Waals surface area contributed by atoms with Gasteiger partial charge in [0.2, 0.25) is 5.91 Å². The summed E-state index contributed by atoms with van der Waals surface area (Å²) in [5, 5.41) is 2.55. The second-order valence-corrected chi connectivity index (χ2v) is 6.07. The zero-order valence-electron chi connectivity index (χ0n) is 14.4. The van der Waals surface area contributed by atoms with Gasteiger partial charge in [-0.05, 0) is 12.8 Å². The predicted molar refractivity (Wildman–Crippen MR) is 89.3 cm³/mol. The standard InChI is InChI=1S/C18H35NO2/c1-4-6-8-10-12-14-16(13-11-9-7-5-2)17(20)15-18(21)19-3/h16H,4-15H2,1-3H3,(H,19,21). The number of carbonyl (C=O) groups excluding carboxylic acids is 2. The van der Waals surface area contributed by atoms with Crippen LogP contribution in [0.2, 0.25) is 0 Å². The molecule has 0 aromatic rings. The van der Waals surface area contributed by atoms with Gasteiger partial charge in [0, 0.05) is 13.0 Å². The molecule has 0 aromatic heterocycles. The number of rotatable bonds is 14. The molecule has 0 aliphatic heterocycles. The van der Waals surface area contributed by atoms with Crippen LogP contribution >= 0.6 is 0 Å². The van der Waals surface area contributed by atoms with Crippen LogP contribution in [-0.4, -0.2) is 18.7 Å². The summed E-state index contributed by atoms with van der Waals surface area (Å²) in [6.45, 7) is 4.41. The van der Waals surface area contributed by atoms with Crippen LogP contribution in [0.4, 0.5) is 0 Å². The van der Waals surface area contributed by atoms with E-state index in [1.54, 1.807) is 7.05 Å². The Kier molecular flexibility index (Phi) is 13.5. The molecule has 0 spiro atoms. The van der Waals surface area contributed by atoms with Crippen LogP contribution in [0.25, 0.3) is 0 Å². The first kappa shape index (κ1) is 20.1. The van der Waals surface area contributed by atoms with Crippen LogP contribution in [0.1, 0.15) is 90.9 Å². The molecule has 0 fully saturated rings. The van der Waals surface area contributed by atoms with Gasteiger partial charge in [0.05, 0.1) is 6.42 Å². The van der Waals surface area contributed by atoms with Gasteiger partial charge >= 0.3 is 0 Å². The number of nitrogens with one attached hydrogen (secondary N) is 1. The molecule has 1 atom stereocenters. The predicted octanol–water partition coefficient (Wildman–Crippen LogP) is 4.64. The quantitative estimate of drug-likeness (QED) is 0.375. The Labute approximate surface area is 131 Å². The summed E-state index contributed by atoms with van der Waals surface area (Å²) in [6.07, 6.45) is 12.9. The SMILES string of the molecule is CCCCCCCC(CCCCCC)C(=O)CC(=O)NC. The molecule has 21 heavy (non-hydrogen) atoms. The fourth-order valence-electron chi connectivity index (χ4n) is 2.67. The molecular formula is C18H35NO2. The molecule has 0 bridgehead atoms. The van der Waals surface area contributed by atoms with Crippen molar-refractivity contribution in [1.82, 2.24) is 5.32 Å². The molecular weight excluding hydrogens is 262 g/mol. The number of amides is 1. The van der Waals surface area contributed by atoms with E-state index in [-0.39, 0.29) is 24.0 Å². The Morgan fingerprint density at radius 3 is 1.76 bits per heavy atom. The van der Waals surface area contributed by atoms with Gasteiger partial charge in [-0.2, -0.15) is 0 Å². The highest BCUT2D eigenvalue weighted by Gasteiger charge is 2.19. The van der Waals surface area contributed by atoms with Crippen molar-refractivity contribution in [3.63, 3.8) is 0 Å². The van der Waals surface area contributed by atoms with Crippen molar-refractivity contribution in [3.8, 4) is 0 Å². The van der Waals surface area contributed by atoms with E-state index in [0.29, 0.717) is 0 Å². The fourth-order valence-corrected chi connectivity index (χ4v) is 2.67. The monoisotopic (exact) mass is 297 g/mol. The van der Waals surface area contributed by atoms with E-state index in [2.05, 4.69) is 19.2 Å². The molecule has 1 N–H and O–H groups in total. The average molecular weight is 297 g/mol. The number of ketones is 1. The minimum atomic E-state index is -0.149. The van der Waals surface area contributed by atoms with Crippen LogP contribution in [0.15, 0.2) is 0 Å². The zero-order valence-corrected chi connectivity index (χ0v) is 14.4. The van der Waals surface area contributed by atoms with Crippen LogP contribution in [0.5, 0.6) is 0 Å². The third-order valence-corrected chi connectivity index (χ3v) is 4.13. The van der Waals surface area contributed by atoms with Crippen molar-refractivity contribution < 1.29 is 9.59 Å². The van der Waals surface area contributed by atoms with Gasteiger partial charge in [-0.15, -0.1) is 0 Å². The minimum Gasteiger partial charge on any atom is -0.359 e. The highest BCUT2D eigenvalue weighted by Crippen LogP contribution is 2.20. The van der Waals surface area contributed by atoms with Gasteiger partial charge < -0.3 is 5.32 Å². The summed E-state index contributed by atoms with van der Waals surface area (Å²) < 4.78 is 0. The number of unbranched alkanes of at least 4 members (excludes halogenated alkanes) is 7. The Morgan fingerprint density at radius 1 is 0.810 bits per heavy atom. The number of hydrogen-bond donors (Lipinski definition) is 1. The summed E-state index contributed by atoms with van der Waals surface area (Å²) in [4.78, 5) is 23.6. The molecule has 1 unspecified atom stereocenters. The third-order valence-electron chi connectivity index (χ3n) is 4.13. The molecule has 0 heterocycles. The summed E-state index contributed by atoms with van der Waals surface area (Å²) in [6, 6.07) is 0. The van der Waals surface area contributed by atoms with Crippen LogP contribution < -0.4 is 5.32 Å². The van der Waals surface area contributed by atoms with Crippen LogP contribution in [0.3, 0.4) is 0 Å². The van der Waals surface area contributed by atoms with E-state index in [0.717, 1.165) is 25.7 Å². The summed E-state index contributed by atoms with van der Waals surface area (Å²) in [7, 11) is 1.59. The molecule has 3 nitrogen and oxygen atoms in total. The Bertz CT molecular complexity index is 276. The maximum Gasteiger partial charge on any atom is 0.227 e. The first-order valence-corrected chi connectivity index (χ1v) is 8.88. The summed E-state index contributed by atoms with van der Waals surface area (Å²) in [5.41, 5.74) is 0. The maximum absolute atomic E-state index is 12.2. The summed E-state index contributed by atoms with van der Waals surface area (Å²) in [5.74, 6) is 0.0895. The third kappa shape index (κ3) is 11.5. The Balaban J connectivity index is 4.12. The lowest BCUT2D eigenvalue weighted by molar-refractivity contribution is -0.130. The molecule has 1 amide bonds. The first-order valence-electron chi connectivity index (χ1n) is 8.88. The highest BCUT2D eigenvalue weighted by molar-refractivity contribution is 5.98. The maximum atomic E-state index is 12.2. The number of carbonyl (C=O) groups is 2. The van der Waals surface area contributed by atoms with Gasteiger partial charge in [0.25, 0.3) is 0 Å². The molecule has 0 radical (unpaired) electrons. The van der Waals surface area contributed by atoms with Gasteiger partial charge in [-0.25, -0.2) is 0 Å². The molecule has 124 valence electrons. The molecule has 0 aliphatic rings. The van der Waals surface area contributed by atoms with Gasteiger partial charge in [-0.1, -0.05) is 71.6 Å². The van der Waals surface area contributed by atoms with Crippen molar-refractivity contribution in [2.75, 3.05) is 7.05 Å². The normalized spacial score (nSPS) is 12.1. The van der Waals surface area contributed by atoms with Crippen molar-refractivity contribution in [3.05, 3.63) is 0 Å². The van der Waals surface area contributed by atoms with Crippen LogP contribution in [-0.2, 0) is 9.59 Å². The molecule has 0 aromatic carbocycles. The van der Waals surface area contributed by atoms with E-state index in [1.807, 2.05) is 0 Å². The van der Waals surface area contributed by atoms with Gasteiger partial charge in [0.15, 0.2) is 0 Å². The van der Waals surface area contributed by atoms with Crippen molar-refractivity contribution in [2.24, 2.45) is 5.92 Å². The summed E-state index contributed by atoms with van der Waals surface area (Å²) >= 11 is 0. The lowest BCUT2D eigenvalue weighted by atomic mass is 9.89. The molecule has 0 aliphatic carbocycles. The zero-order chi connectivity index (χ0) is 15.9. The largest absolute Gasteiger partial charge is 0.359 e. The minimum absolute atomic E-state index is 0.0594. The van der Waals surface area contributed by atoms with E-state index in [4.69, 9.17) is 0 Å². The Hall–Kier alpha value is -0.860. The van der Waals surface area contributed by atoms with E-state index >= 15 is 0 Å². The van der Waals surface area contributed by atoms with Crippen molar-refractivity contribution in [1.29, 1.82) is 0 Å². The topological polar surface area (TPSA) is 46.2 Å². The smallest absolute Gasteiger partial charge is 0.227 e. The van der Waals surface area contributed by atoms with Crippen molar-refractivity contribution in [2.45, 2.75) is 90.9 Å². The number of Topliss-reactive ketones (excluding diaryl/α,β-unsaturated/α-hetero) is 1. The molecule has 0 saturated carbocycles. The lowest BCUT2D eigenvalue weighted by Gasteiger charge is -2.15. The van der Waals surface area contributed by atoms with E-state index < -0.39 is 0 Å². The van der Waals surface area contributed by atoms with Gasteiger partial charge in [0.1, 0.15) is 5.78 Å². The Morgan fingerprint density at radius 2 is 1.29 bits per heavy atom. The first-order chi connectivity index (χ1) is 10.2. The molecule has 0 rings (SSSR count). The lowest BCUT2D eigenvalue weighted by Crippen LogP contribution is -2.25. The molecule has 0 saturated heterocycles. The molecule has 3 heteroatoms. The van der Waals surface area contributed by atoms with Crippen molar-refractivity contribution >= 4 is 11.7 Å². The second-order valence-electron chi connectivity index (χ2n) is 6.07. The second kappa shape index (κ2) is 14.1. The number of hydrogen-bond acceptors (Lipinski definition) is 2. The van der Waals surface area contributed by atoms with Crippen LogP contribution in [0, 0.1) is 5.92 Å². The fraction of sp³-hybridized carbons (Fsp3) is 0.889. The van der Waals surface area contributed by atoms with E-state index in [9.17, 15) is 9.59 Å². The average Bonchev–Trinajstić information content (AvgIpc) is 2.48. The van der Waals surface area contributed by atoms with E-state index in [1.165, 1.54) is 44.9 Å².